The normalized spacial score (nSPS) is 21.3. The summed E-state index contributed by atoms with van der Waals surface area (Å²) in [5.41, 5.74) is 1.49. The highest BCUT2D eigenvalue weighted by Crippen LogP contribution is 2.41. The van der Waals surface area contributed by atoms with E-state index in [0.717, 1.165) is 11.1 Å². The third-order valence-electron chi connectivity index (χ3n) is 3.42. The van der Waals surface area contributed by atoms with Gasteiger partial charge in [0.1, 0.15) is 5.82 Å². The molecule has 0 saturated heterocycles. The molecule has 2 aromatic carbocycles. The van der Waals surface area contributed by atoms with Crippen molar-refractivity contribution in [3.63, 3.8) is 0 Å². The monoisotopic (exact) mass is 277 g/mol. The van der Waals surface area contributed by atoms with Crippen LogP contribution in [0.3, 0.4) is 0 Å². The Labute approximate surface area is 111 Å². The van der Waals surface area contributed by atoms with E-state index in [1.807, 2.05) is 6.07 Å². The summed E-state index contributed by atoms with van der Waals surface area (Å²) in [4.78, 5) is 0.326. The molecule has 1 atom stereocenters. The quantitative estimate of drug-likeness (QED) is 0.803. The van der Waals surface area contributed by atoms with Crippen LogP contribution in [0.4, 0.5) is 4.39 Å². The summed E-state index contributed by atoms with van der Waals surface area (Å²) in [5.74, 6) is -0.333. The highest BCUT2D eigenvalue weighted by Gasteiger charge is 2.40. The van der Waals surface area contributed by atoms with Gasteiger partial charge in [-0.05, 0) is 29.3 Å². The first kappa shape index (κ1) is 12.3. The Morgan fingerprint density at radius 3 is 2.37 bits per heavy atom. The molecule has 0 N–H and O–H groups in total. The molecule has 1 aliphatic heterocycles. The average molecular weight is 277 g/mol. The Morgan fingerprint density at radius 2 is 1.68 bits per heavy atom. The highest BCUT2D eigenvalue weighted by molar-refractivity contribution is 7.89. The predicted octanol–water partition coefficient (Wildman–Crippen LogP) is 2.55. The molecule has 3 nitrogen and oxygen atoms in total. The van der Waals surface area contributed by atoms with E-state index in [4.69, 9.17) is 0 Å². The van der Waals surface area contributed by atoms with Crippen molar-refractivity contribution < 1.29 is 12.8 Å². The van der Waals surface area contributed by atoms with Gasteiger partial charge in [0.2, 0.25) is 10.0 Å². The molecule has 3 rings (SSSR count). The minimum atomic E-state index is -3.45. The molecular weight excluding hydrogens is 265 g/mol. The minimum absolute atomic E-state index is 0.326. The van der Waals surface area contributed by atoms with Crippen molar-refractivity contribution in [2.24, 2.45) is 0 Å². The van der Waals surface area contributed by atoms with Crippen LogP contribution in [0.5, 0.6) is 0 Å². The lowest BCUT2D eigenvalue weighted by molar-refractivity contribution is 0.440. The maximum Gasteiger partial charge on any atom is 0.244 e. The van der Waals surface area contributed by atoms with Crippen LogP contribution < -0.4 is 0 Å². The fourth-order valence-electron chi connectivity index (χ4n) is 2.47. The van der Waals surface area contributed by atoms with Crippen LogP contribution in [-0.4, -0.2) is 19.8 Å². The number of rotatable bonds is 1. The third kappa shape index (κ3) is 1.77. The van der Waals surface area contributed by atoms with E-state index in [0.29, 0.717) is 4.90 Å². The zero-order valence-corrected chi connectivity index (χ0v) is 11.1. The van der Waals surface area contributed by atoms with Gasteiger partial charge >= 0.3 is 0 Å². The Bertz CT molecular complexity index is 725. The number of nitrogens with zero attached hydrogens (tertiary/aromatic N) is 1. The number of fused-ring (bicyclic) bond motifs is 1. The van der Waals surface area contributed by atoms with E-state index in [1.165, 1.54) is 16.4 Å². The lowest BCUT2D eigenvalue weighted by Gasteiger charge is -2.19. The van der Waals surface area contributed by atoms with Crippen molar-refractivity contribution in [2.45, 2.75) is 10.9 Å². The molecule has 0 bridgehead atoms. The summed E-state index contributed by atoms with van der Waals surface area (Å²) in [6.45, 7) is 0. The Hall–Kier alpha value is -1.72. The molecule has 5 heteroatoms. The van der Waals surface area contributed by atoms with Gasteiger partial charge in [-0.15, -0.1) is 0 Å². The molecule has 1 unspecified atom stereocenters. The first-order chi connectivity index (χ1) is 9.01. The highest BCUT2D eigenvalue weighted by atomic mass is 32.2. The predicted molar refractivity (Wildman–Crippen MR) is 69.6 cm³/mol. The standard InChI is InChI=1S/C14H12FNO2S/c1-16-14(10-6-8-11(15)9-7-10)12-4-2-3-5-13(12)19(16,17)18/h2-9,14H,1H3. The first-order valence-corrected chi connectivity index (χ1v) is 7.28. The smallest absolute Gasteiger partial charge is 0.207 e. The Kier molecular flexibility index (Phi) is 2.69. The number of sulfonamides is 1. The minimum Gasteiger partial charge on any atom is -0.207 e. The van der Waals surface area contributed by atoms with Gasteiger partial charge in [0.25, 0.3) is 0 Å². The van der Waals surface area contributed by atoms with Crippen LogP contribution in [0, 0.1) is 5.82 Å². The lowest BCUT2D eigenvalue weighted by Crippen LogP contribution is -2.24. The van der Waals surface area contributed by atoms with Crippen LogP contribution in [0.15, 0.2) is 53.4 Å². The van der Waals surface area contributed by atoms with Crippen LogP contribution in [0.25, 0.3) is 0 Å². The second kappa shape index (κ2) is 4.15. The average Bonchev–Trinajstić information content (AvgIpc) is 2.60. The molecule has 0 fully saturated rings. The van der Waals surface area contributed by atoms with Crippen molar-refractivity contribution in [3.05, 3.63) is 65.5 Å². The molecule has 1 aliphatic rings. The van der Waals surface area contributed by atoms with Crippen molar-refractivity contribution in [1.82, 2.24) is 4.31 Å². The van der Waals surface area contributed by atoms with Gasteiger partial charge < -0.3 is 0 Å². The summed E-state index contributed by atoms with van der Waals surface area (Å²) in [6.07, 6.45) is 0. The van der Waals surface area contributed by atoms with Crippen molar-refractivity contribution in [3.8, 4) is 0 Å². The second-order valence-corrected chi connectivity index (χ2v) is 6.48. The van der Waals surface area contributed by atoms with Crippen LogP contribution in [0.1, 0.15) is 17.2 Å². The molecule has 2 aromatic rings. The topological polar surface area (TPSA) is 37.4 Å². The van der Waals surface area contributed by atoms with Crippen molar-refractivity contribution in [2.75, 3.05) is 7.05 Å². The number of hydrogen-bond donors (Lipinski definition) is 0. The van der Waals surface area contributed by atoms with E-state index in [-0.39, 0.29) is 11.9 Å². The van der Waals surface area contributed by atoms with Crippen molar-refractivity contribution >= 4 is 10.0 Å². The molecule has 0 amide bonds. The molecule has 19 heavy (non-hydrogen) atoms. The Balaban J connectivity index is 2.21. The lowest BCUT2D eigenvalue weighted by atomic mass is 9.99. The number of benzene rings is 2. The molecule has 0 aliphatic carbocycles. The second-order valence-electron chi connectivity index (χ2n) is 4.51. The largest absolute Gasteiger partial charge is 0.244 e. The van der Waals surface area contributed by atoms with E-state index < -0.39 is 10.0 Å². The summed E-state index contributed by atoms with van der Waals surface area (Å²) in [7, 11) is -1.91. The van der Waals surface area contributed by atoms with E-state index in [2.05, 4.69) is 0 Å². The fourth-order valence-corrected chi connectivity index (χ4v) is 4.02. The van der Waals surface area contributed by atoms with Gasteiger partial charge in [-0.2, -0.15) is 4.31 Å². The SMILES string of the molecule is CN1C(c2ccc(F)cc2)c2ccccc2S1(=O)=O. The molecular formula is C14H12FNO2S. The summed E-state index contributed by atoms with van der Waals surface area (Å²) in [6, 6.07) is 12.5. The van der Waals surface area contributed by atoms with E-state index in [1.54, 1.807) is 37.4 Å². The zero-order valence-electron chi connectivity index (χ0n) is 10.2. The molecule has 0 radical (unpaired) electrons. The fraction of sp³-hybridized carbons (Fsp3) is 0.143. The molecule has 0 saturated carbocycles. The third-order valence-corrected chi connectivity index (χ3v) is 5.32. The van der Waals surface area contributed by atoms with Gasteiger partial charge in [0.05, 0.1) is 10.9 Å². The van der Waals surface area contributed by atoms with Gasteiger partial charge in [-0.3, -0.25) is 0 Å². The van der Waals surface area contributed by atoms with Gasteiger partial charge in [-0.1, -0.05) is 30.3 Å². The maximum atomic E-state index is 13.0. The summed E-state index contributed by atoms with van der Waals surface area (Å²) >= 11 is 0. The van der Waals surface area contributed by atoms with Gasteiger partial charge in [-0.25, -0.2) is 12.8 Å². The molecule has 0 spiro atoms. The van der Waals surface area contributed by atoms with Gasteiger partial charge in [0, 0.05) is 7.05 Å². The zero-order chi connectivity index (χ0) is 13.6. The van der Waals surface area contributed by atoms with E-state index in [9.17, 15) is 12.8 Å². The van der Waals surface area contributed by atoms with E-state index >= 15 is 0 Å². The van der Waals surface area contributed by atoms with Crippen molar-refractivity contribution in [1.29, 1.82) is 0 Å². The maximum absolute atomic E-state index is 13.0. The van der Waals surface area contributed by atoms with Gasteiger partial charge in [0.15, 0.2) is 0 Å². The molecule has 0 aromatic heterocycles. The Morgan fingerprint density at radius 1 is 1.05 bits per heavy atom. The first-order valence-electron chi connectivity index (χ1n) is 5.84. The molecule has 1 heterocycles. The van der Waals surface area contributed by atoms with Crippen LogP contribution >= 0.6 is 0 Å². The number of hydrogen-bond acceptors (Lipinski definition) is 2. The molecule has 98 valence electrons. The number of halogens is 1. The van der Waals surface area contributed by atoms with Crippen LogP contribution in [-0.2, 0) is 10.0 Å². The van der Waals surface area contributed by atoms with Crippen LogP contribution in [0.2, 0.25) is 0 Å². The summed E-state index contributed by atoms with van der Waals surface area (Å²) < 4.78 is 38.9. The summed E-state index contributed by atoms with van der Waals surface area (Å²) in [5, 5.41) is 0.